The zero-order valence-electron chi connectivity index (χ0n) is 9.58. The highest BCUT2D eigenvalue weighted by Crippen LogP contribution is 2.28. The van der Waals surface area contributed by atoms with Gasteiger partial charge in [0.05, 0.1) is 12.0 Å². The van der Waals surface area contributed by atoms with Crippen LogP contribution in [0.3, 0.4) is 0 Å². The average molecular weight is 202 g/mol. The van der Waals surface area contributed by atoms with Crippen molar-refractivity contribution < 1.29 is 15.0 Å². The predicted octanol–water partition coefficient (Wildman–Crippen LogP) is 2.28. The number of unbranched alkanes of at least 4 members (excludes halogenated alkanes) is 1. The van der Waals surface area contributed by atoms with Gasteiger partial charge in [0.1, 0.15) is 0 Å². The summed E-state index contributed by atoms with van der Waals surface area (Å²) in [5.41, 5.74) is -0.364. The zero-order valence-corrected chi connectivity index (χ0v) is 9.58. The highest BCUT2D eigenvalue weighted by atomic mass is 16.4. The van der Waals surface area contributed by atoms with E-state index in [9.17, 15) is 9.90 Å². The number of aliphatic carboxylic acids is 1. The summed E-state index contributed by atoms with van der Waals surface area (Å²) in [7, 11) is 0. The maximum atomic E-state index is 10.9. The molecule has 0 aromatic heterocycles. The molecule has 0 amide bonds. The second-order valence-electron chi connectivity index (χ2n) is 4.90. The molecular weight excluding hydrogens is 180 g/mol. The van der Waals surface area contributed by atoms with Gasteiger partial charge in [-0.3, -0.25) is 4.79 Å². The molecule has 0 fully saturated rings. The van der Waals surface area contributed by atoms with Crippen LogP contribution in [0.25, 0.3) is 0 Å². The van der Waals surface area contributed by atoms with Crippen molar-refractivity contribution in [1.29, 1.82) is 0 Å². The first-order chi connectivity index (χ1) is 6.30. The first-order valence-corrected chi connectivity index (χ1v) is 5.21. The number of hydrogen-bond donors (Lipinski definition) is 2. The Morgan fingerprint density at radius 3 is 2.14 bits per heavy atom. The third kappa shape index (κ3) is 4.09. The SMILES string of the molecule is CCCCC(C(=O)O)C(O)C(C)(C)C. The van der Waals surface area contributed by atoms with Crippen molar-refractivity contribution in [3.63, 3.8) is 0 Å². The number of carboxylic acids is 1. The fraction of sp³-hybridized carbons (Fsp3) is 0.909. The van der Waals surface area contributed by atoms with Crippen molar-refractivity contribution in [2.24, 2.45) is 11.3 Å². The summed E-state index contributed by atoms with van der Waals surface area (Å²) in [6.45, 7) is 7.60. The van der Waals surface area contributed by atoms with Crippen molar-refractivity contribution in [3.05, 3.63) is 0 Å². The van der Waals surface area contributed by atoms with Crippen LogP contribution < -0.4 is 0 Å². The molecule has 0 rings (SSSR count). The van der Waals surface area contributed by atoms with Gasteiger partial charge in [0.15, 0.2) is 0 Å². The van der Waals surface area contributed by atoms with Crippen LogP contribution in [0.4, 0.5) is 0 Å². The van der Waals surface area contributed by atoms with Gasteiger partial charge < -0.3 is 10.2 Å². The number of aliphatic hydroxyl groups excluding tert-OH is 1. The molecule has 0 aliphatic heterocycles. The number of hydrogen-bond acceptors (Lipinski definition) is 2. The van der Waals surface area contributed by atoms with Gasteiger partial charge in [-0.05, 0) is 11.8 Å². The van der Waals surface area contributed by atoms with E-state index < -0.39 is 18.0 Å². The first kappa shape index (κ1) is 13.4. The second kappa shape index (κ2) is 5.35. The van der Waals surface area contributed by atoms with Gasteiger partial charge in [0.2, 0.25) is 0 Å². The Hall–Kier alpha value is -0.570. The minimum absolute atomic E-state index is 0.364. The third-order valence-corrected chi connectivity index (χ3v) is 2.45. The molecule has 0 saturated heterocycles. The van der Waals surface area contributed by atoms with E-state index in [0.29, 0.717) is 6.42 Å². The van der Waals surface area contributed by atoms with E-state index in [2.05, 4.69) is 0 Å². The lowest BCUT2D eigenvalue weighted by atomic mass is 9.79. The van der Waals surface area contributed by atoms with Crippen LogP contribution in [0.2, 0.25) is 0 Å². The predicted molar refractivity (Wildman–Crippen MR) is 56.1 cm³/mol. The topological polar surface area (TPSA) is 57.5 Å². The minimum atomic E-state index is -0.888. The molecule has 0 spiro atoms. The summed E-state index contributed by atoms with van der Waals surface area (Å²) >= 11 is 0. The largest absolute Gasteiger partial charge is 0.481 e. The summed E-state index contributed by atoms with van der Waals surface area (Å²) in [6, 6.07) is 0. The summed E-state index contributed by atoms with van der Waals surface area (Å²) in [4.78, 5) is 10.9. The van der Waals surface area contributed by atoms with E-state index in [1.165, 1.54) is 0 Å². The van der Waals surface area contributed by atoms with E-state index in [0.717, 1.165) is 12.8 Å². The van der Waals surface area contributed by atoms with Crippen LogP contribution in [0, 0.1) is 11.3 Å². The van der Waals surface area contributed by atoms with Crippen LogP contribution in [0.1, 0.15) is 47.0 Å². The molecule has 0 heterocycles. The Morgan fingerprint density at radius 1 is 1.36 bits per heavy atom. The van der Waals surface area contributed by atoms with Crippen LogP contribution >= 0.6 is 0 Å². The molecular formula is C11H22O3. The maximum Gasteiger partial charge on any atom is 0.309 e. The molecule has 0 saturated carbocycles. The second-order valence-corrected chi connectivity index (χ2v) is 4.90. The van der Waals surface area contributed by atoms with Crippen LogP contribution in [0.15, 0.2) is 0 Å². The van der Waals surface area contributed by atoms with Crippen LogP contribution in [-0.2, 0) is 4.79 Å². The highest BCUT2D eigenvalue weighted by Gasteiger charge is 2.34. The fourth-order valence-corrected chi connectivity index (χ4v) is 1.44. The number of aliphatic hydroxyl groups is 1. The van der Waals surface area contributed by atoms with Crippen molar-refractivity contribution in [1.82, 2.24) is 0 Å². The summed E-state index contributed by atoms with van der Waals surface area (Å²) in [5.74, 6) is -1.52. The Labute approximate surface area is 86.1 Å². The molecule has 2 N–H and O–H groups in total. The smallest absolute Gasteiger partial charge is 0.309 e. The first-order valence-electron chi connectivity index (χ1n) is 5.21. The van der Waals surface area contributed by atoms with Gasteiger partial charge >= 0.3 is 5.97 Å². The lowest BCUT2D eigenvalue weighted by Gasteiger charge is -2.30. The van der Waals surface area contributed by atoms with E-state index >= 15 is 0 Å². The lowest BCUT2D eigenvalue weighted by Crippen LogP contribution is -2.38. The number of rotatable bonds is 5. The van der Waals surface area contributed by atoms with Crippen molar-refractivity contribution in [2.45, 2.75) is 53.1 Å². The Morgan fingerprint density at radius 2 is 1.86 bits per heavy atom. The van der Waals surface area contributed by atoms with Gasteiger partial charge in [0.25, 0.3) is 0 Å². The molecule has 0 aliphatic carbocycles. The van der Waals surface area contributed by atoms with Gasteiger partial charge in [-0.25, -0.2) is 0 Å². The third-order valence-electron chi connectivity index (χ3n) is 2.45. The standard InChI is InChI=1S/C11H22O3/c1-5-6-7-8(10(13)14)9(12)11(2,3)4/h8-9,12H,5-7H2,1-4H3,(H,13,14). The van der Waals surface area contributed by atoms with Gasteiger partial charge in [-0.2, -0.15) is 0 Å². The van der Waals surface area contributed by atoms with Gasteiger partial charge in [-0.1, -0.05) is 40.5 Å². The summed E-state index contributed by atoms with van der Waals surface area (Å²) in [5, 5.41) is 18.8. The van der Waals surface area contributed by atoms with Crippen molar-refractivity contribution in [2.75, 3.05) is 0 Å². The van der Waals surface area contributed by atoms with Gasteiger partial charge in [0, 0.05) is 0 Å². The van der Waals surface area contributed by atoms with E-state index in [1.54, 1.807) is 0 Å². The molecule has 2 atom stereocenters. The quantitative estimate of drug-likeness (QED) is 0.719. The molecule has 3 heteroatoms. The van der Waals surface area contributed by atoms with E-state index in [4.69, 9.17) is 5.11 Å². The number of carbonyl (C=O) groups is 1. The molecule has 0 bridgehead atoms. The summed E-state index contributed by atoms with van der Waals surface area (Å²) < 4.78 is 0. The molecule has 0 aromatic rings. The lowest BCUT2D eigenvalue weighted by molar-refractivity contribution is -0.149. The Balaban J connectivity index is 4.41. The maximum absolute atomic E-state index is 10.9. The minimum Gasteiger partial charge on any atom is -0.481 e. The Bertz CT molecular complexity index is 181. The van der Waals surface area contributed by atoms with Crippen LogP contribution in [-0.4, -0.2) is 22.3 Å². The van der Waals surface area contributed by atoms with Gasteiger partial charge in [-0.15, -0.1) is 0 Å². The van der Waals surface area contributed by atoms with Crippen molar-refractivity contribution in [3.8, 4) is 0 Å². The molecule has 14 heavy (non-hydrogen) atoms. The van der Waals surface area contributed by atoms with E-state index in [1.807, 2.05) is 27.7 Å². The molecule has 2 unspecified atom stereocenters. The molecule has 84 valence electrons. The molecule has 0 aliphatic rings. The molecule has 0 radical (unpaired) electrons. The normalized spacial score (nSPS) is 16.4. The Kier molecular flexibility index (Phi) is 5.13. The monoisotopic (exact) mass is 202 g/mol. The van der Waals surface area contributed by atoms with E-state index in [-0.39, 0.29) is 5.41 Å². The average Bonchev–Trinajstić information content (AvgIpc) is 2.02. The van der Waals surface area contributed by atoms with Crippen LogP contribution in [0.5, 0.6) is 0 Å². The highest BCUT2D eigenvalue weighted by molar-refractivity contribution is 5.70. The molecule has 3 nitrogen and oxygen atoms in total. The molecule has 0 aromatic carbocycles. The number of carboxylic acid groups (broad SMARTS) is 1. The zero-order chi connectivity index (χ0) is 11.4. The van der Waals surface area contributed by atoms with Crippen molar-refractivity contribution >= 4 is 5.97 Å². The summed E-state index contributed by atoms with van der Waals surface area (Å²) in [6.07, 6.45) is 1.60. The fourth-order valence-electron chi connectivity index (χ4n) is 1.44.